The summed E-state index contributed by atoms with van der Waals surface area (Å²) in [7, 11) is 0. The van der Waals surface area contributed by atoms with E-state index in [0.717, 1.165) is 15.8 Å². The van der Waals surface area contributed by atoms with Gasteiger partial charge in [0.05, 0.1) is 11.4 Å². The Morgan fingerprint density at radius 2 is 1.52 bits per heavy atom. The van der Waals surface area contributed by atoms with Crippen LogP contribution >= 0.6 is 0 Å². The lowest BCUT2D eigenvalue weighted by Gasteiger charge is -2.02. The second kappa shape index (κ2) is 6.56. The number of carboxylic acid groups (broad SMARTS) is 1. The molecule has 7 nitrogen and oxygen atoms in total. The van der Waals surface area contributed by atoms with Gasteiger partial charge in [0.1, 0.15) is 0 Å². The summed E-state index contributed by atoms with van der Waals surface area (Å²) in [6.45, 7) is 3.87. The van der Waals surface area contributed by atoms with E-state index < -0.39 is 5.97 Å². The Kier molecular flexibility index (Phi) is 4.30. The molecule has 2 N–H and O–H groups in total. The van der Waals surface area contributed by atoms with Crippen molar-refractivity contribution in [1.82, 2.24) is 9.78 Å². The van der Waals surface area contributed by atoms with E-state index in [-0.39, 0.29) is 17.3 Å². The Hall–Kier alpha value is -3.48. The summed E-state index contributed by atoms with van der Waals surface area (Å²) in [5.74, 6) is -1.67. The maximum atomic E-state index is 11.4. The molecule has 0 saturated carbocycles. The number of carbonyl (C=O) groups is 1. The molecule has 0 saturated heterocycles. The lowest BCUT2D eigenvalue weighted by atomic mass is 10.2. The van der Waals surface area contributed by atoms with Crippen molar-refractivity contribution in [2.75, 3.05) is 0 Å². The van der Waals surface area contributed by atoms with Gasteiger partial charge >= 0.3 is 5.97 Å². The van der Waals surface area contributed by atoms with Crippen molar-refractivity contribution >= 4 is 17.3 Å². The zero-order chi connectivity index (χ0) is 18.0. The number of carboxylic acids is 1. The fourth-order valence-electron chi connectivity index (χ4n) is 2.22. The molecule has 0 aliphatic carbocycles. The van der Waals surface area contributed by atoms with Crippen LogP contribution in [0.15, 0.2) is 58.8 Å². The summed E-state index contributed by atoms with van der Waals surface area (Å²) in [4.78, 5) is 11.4. The molecule has 1 aromatic heterocycles. The third-order valence-electron chi connectivity index (χ3n) is 3.62. The Labute approximate surface area is 143 Å². The van der Waals surface area contributed by atoms with Crippen molar-refractivity contribution in [3.8, 4) is 11.6 Å². The van der Waals surface area contributed by atoms with Crippen molar-refractivity contribution < 1.29 is 15.0 Å². The van der Waals surface area contributed by atoms with Gasteiger partial charge in [0.15, 0.2) is 5.69 Å². The molecule has 0 aliphatic heterocycles. The van der Waals surface area contributed by atoms with Gasteiger partial charge in [0.25, 0.3) is 0 Å². The topological polar surface area (TPSA) is 100 Å². The van der Waals surface area contributed by atoms with E-state index >= 15 is 0 Å². The van der Waals surface area contributed by atoms with Crippen molar-refractivity contribution in [2.24, 2.45) is 10.2 Å². The van der Waals surface area contributed by atoms with Crippen molar-refractivity contribution in [2.45, 2.75) is 13.8 Å². The maximum absolute atomic E-state index is 11.4. The minimum atomic E-state index is -1.29. The molecular weight excluding hydrogens is 320 g/mol. The Morgan fingerprint density at radius 3 is 2.08 bits per heavy atom. The molecule has 0 aliphatic rings. The molecule has 1 heterocycles. The minimum absolute atomic E-state index is 0.186. The predicted molar refractivity (Wildman–Crippen MR) is 92.3 cm³/mol. The number of hydrogen-bond acceptors (Lipinski definition) is 5. The van der Waals surface area contributed by atoms with Gasteiger partial charge in [0, 0.05) is 0 Å². The molecule has 0 atom stereocenters. The summed E-state index contributed by atoms with van der Waals surface area (Å²) in [6.07, 6.45) is 0. The molecule has 3 aromatic rings. The molecule has 0 spiro atoms. The highest BCUT2D eigenvalue weighted by Gasteiger charge is 2.23. The normalized spacial score (nSPS) is 11.1. The summed E-state index contributed by atoms with van der Waals surface area (Å²) in [5, 5.41) is 31.6. The molecule has 0 radical (unpaired) electrons. The number of azo groups is 1. The molecule has 0 fully saturated rings. The first-order valence-corrected chi connectivity index (χ1v) is 7.56. The van der Waals surface area contributed by atoms with Gasteiger partial charge in [-0.15, -0.1) is 5.11 Å². The number of aromatic nitrogens is 2. The van der Waals surface area contributed by atoms with E-state index in [2.05, 4.69) is 15.3 Å². The summed E-state index contributed by atoms with van der Waals surface area (Å²) < 4.78 is 1.13. The third kappa shape index (κ3) is 3.40. The van der Waals surface area contributed by atoms with Gasteiger partial charge in [-0.05, 0) is 38.1 Å². The maximum Gasteiger partial charge on any atom is 0.358 e. The summed E-state index contributed by atoms with van der Waals surface area (Å²) >= 11 is 0. The molecular formula is C18H16N4O3. The second-order valence-corrected chi connectivity index (χ2v) is 5.61. The minimum Gasteiger partial charge on any atom is -0.492 e. The number of aromatic carboxylic acids is 1. The van der Waals surface area contributed by atoms with Crippen LogP contribution < -0.4 is 0 Å². The average Bonchev–Trinajstić information content (AvgIpc) is 2.92. The van der Waals surface area contributed by atoms with Crippen molar-refractivity contribution in [3.63, 3.8) is 0 Å². The lowest BCUT2D eigenvalue weighted by molar-refractivity contribution is 0.0691. The highest BCUT2D eigenvalue weighted by molar-refractivity contribution is 5.92. The first-order chi connectivity index (χ1) is 12.0. The van der Waals surface area contributed by atoms with Crippen LogP contribution in [0.2, 0.25) is 0 Å². The van der Waals surface area contributed by atoms with Gasteiger partial charge < -0.3 is 10.2 Å². The Bertz CT molecular complexity index is 942. The van der Waals surface area contributed by atoms with Crippen LogP contribution in [0.3, 0.4) is 0 Å². The zero-order valence-electron chi connectivity index (χ0n) is 13.7. The van der Waals surface area contributed by atoms with Gasteiger partial charge in [-0.25, -0.2) is 4.79 Å². The smallest absolute Gasteiger partial charge is 0.358 e. The lowest BCUT2D eigenvalue weighted by Crippen LogP contribution is -2.01. The van der Waals surface area contributed by atoms with Crippen LogP contribution in [-0.2, 0) is 0 Å². The molecule has 25 heavy (non-hydrogen) atoms. The SMILES string of the molecule is Cc1ccc(N=Nc2c(C(=O)O)nn(-c3ccc(C)cc3)c2O)cc1. The van der Waals surface area contributed by atoms with E-state index in [0.29, 0.717) is 11.4 Å². The van der Waals surface area contributed by atoms with E-state index in [1.54, 1.807) is 24.3 Å². The highest BCUT2D eigenvalue weighted by atomic mass is 16.4. The third-order valence-corrected chi connectivity index (χ3v) is 3.62. The predicted octanol–water partition coefficient (Wildman–Crippen LogP) is 4.31. The van der Waals surface area contributed by atoms with E-state index in [4.69, 9.17) is 0 Å². The summed E-state index contributed by atoms with van der Waals surface area (Å²) in [6, 6.07) is 14.4. The first kappa shape index (κ1) is 16.4. The van der Waals surface area contributed by atoms with Gasteiger partial charge in [-0.1, -0.05) is 35.4 Å². The van der Waals surface area contributed by atoms with Gasteiger partial charge in [0.2, 0.25) is 11.6 Å². The number of aryl methyl sites for hydroxylation is 2. The number of benzene rings is 2. The Balaban J connectivity index is 2.04. The fourth-order valence-corrected chi connectivity index (χ4v) is 2.22. The van der Waals surface area contributed by atoms with Gasteiger partial charge in [-0.3, -0.25) is 0 Å². The van der Waals surface area contributed by atoms with Crippen LogP contribution in [0.1, 0.15) is 21.6 Å². The molecule has 3 rings (SSSR count). The van der Waals surface area contributed by atoms with E-state index in [1.165, 1.54) is 0 Å². The zero-order valence-corrected chi connectivity index (χ0v) is 13.7. The molecule has 7 heteroatoms. The largest absolute Gasteiger partial charge is 0.492 e. The van der Waals surface area contributed by atoms with Crippen LogP contribution in [-0.4, -0.2) is 26.0 Å². The number of nitrogens with zero attached hydrogens (tertiary/aromatic N) is 4. The second-order valence-electron chi connectivity index (χ2n) is 5.61. The number of rotatable bonds is 4. The van der Waals surface area contributed by atoms with E-state index in [1.807, 2.05) is 38.1 Å². The fraction of sp³-hybridized carbons (Fsp3) is 0.111. The quantitative estimate of drug-likeness (QED) is 0.693. The van der Waals surface area contributed by atoms with E-state index in [9.17, 15) is 15.0 Å². The van der Waals surface area contributed by atoms with Crippen LogP contribution in [0.4, 0.5) is 11.4 Å². The highest BCUT2D eigenvalue weighted by Crippen LogP contribution is 2.34. The standard InChI is InChI=1S/C18H16N4O3/c1-11-3-7-13(8-4-11)19-20-15-16(18(24)25)21-22(17(15)23)14-9-5-12(2)6-10-14/h3-10,23H,1-2H3,(H,24,25). The van der Waals surface area contributed by atoms with Crippen LogP contribution in [0.5, 0.6) is 5.88 Å². The van der Waals surface area contributed by atoms with Crippen molar-refractivity contribution in [3.05, 3.63) is 65.4 Å². The molecule has 0 amide bonds. The molecule has 126 valence electrons. The molecule has 0 unspecified atom stereocenters. The number of aromatic hydroxyl groups is 1. The summed E-state index contributed by atoms with van der Waals surface area (Å²) in [5.41, 5.74) is 2.63. The van der Waals surface area contributed by atoms with Crippen LogP contribution in [0.25, 0.3) is 5.69 Å². The van der Waals surface area contributed by atoms with Gasteiger partial charge in [-0.2, -0.15) is 14.9 Å². The average molecular weight is 336 g/mol. The monoisotopic (exact) mass is 336 g/mol. The Morgan fingerprint density at radius 1 is 0.960 bits per heavy atom. The molecule has 2 aromatic carbocycles. The van der Waals surface area contributed by atoms with Crippen molar-refractivity contribution in [1.29, 1.82) is 0 Å². The first-order valence-electron chi connectivity index (χ1n) is 7.56. The van der Waals surface area contributed by atoms with Crippen LogP contribution in [0, 0.1) is 13.8 Å². The number of hydrogen-bond donors (Lipinski definition) is 2. The molecule has 0 bridgehead atoms.